The summed E-state index contributed by atoms with van der Waals surface area (Å²) in [7, 11) is -2.38. The first-order chi connectivity index (χ1) is 14.9. The maximum absolute atomic E-state index is 14.0. The molecule has 3 aromatic rings. The highest BCUT2D eigenvalue weighted by Gasteiger charge is 2.28. The Hall–Kier alpha value is -2.97. The number of carbonyl (C=O) groups is 1. The molecule has 0 N–H and O–H groups in total. The predicted octanol–water partition coefficient (Wildman–Crippen LogP) is 2.95. The average Bonchev–Trinajstić information content (AvgIpc) is 2.79. The fourth-order valence-electron chi connectivity index (χ4n) is 3.79. The summed E-state index contributed by atoms with van der Waals surface area (Å²) >= 11 is 0. The summed E-state index contributed by atoms with van der Waals surface area (Å²) in [5.41, 5.74) is 0.519. The molecule has 0 atom stereocenters. The molecular weight excluding hydrogens is 417 g/mol. The van der Waals surface area contributed by atoms with Gasteiger partial charge >= 0.3 is 0 Å². The number of amides is 1. The number of benzene rings is 3. The zero-order valence-electron chi connectivity index (χ0n) is 17.2. The second kappa shape index (κ2) is 8.64. The molecule has 6 nitrogen and oxygen atoms in total. The van der Waals surface area contributed by atoms with Crippen molar-refractivity contribution in [3.63, 3.8) is 0 Å². The summed E-state index contributed by atoms with van der Waals surface area (Å²) in [4.78, 5) is 16.4. The topological polar surface area (TPSA) is 60.9 Å². The number of sulfonamides is 1. The van der Waals surface area contributed by atoms with Crippen molar-refractivity contribution in [2.75, 3.05) is 44.7 Å². The van der Waals surface area contributed by atoms with Crippen LogP contribution in [0.2, 0.25) is 0 Å². The molecule has 0 aromatic heterocycles. The predicted molar refractivity (Wildman–Crippen MR) is 119 cm³/mol. The number of anilines is 1. The van der Waals surface area contributed by atoms with Crippen LogP contribution in [0.1, 0.15) is 0 Å². The van der Waals surface area contributed by atoms with E-state index in [1.165, 1.54) is 13.1 Å². The van der Waals surface area contributed by atoms with Crippen LogP contribution in [0.3, 0.4) is 0 Å². The molecule has 3 aromatic carbocycles. The second-order valence-corrected chi connectivity index (χ2v) is 9.63. The molecule has 0 spiro atoms. The van der Waals surface area contributed by atoms with Gasteiger partial charge in [0.15, 0.2) is 0 Å². The van der Waals surface area contributed by atoms with Crippen molar-refractivity contribution in [3.05, 3.63) is 72.5 Å². The molecule has 0 aliphatic carbocycles. The fraction of sp³-hybridized carbons (Fsp3) is 0.261. The lowest BCUT2D eigenvalue weighted by Crippen LogP contribution is -2.51. The van der Waals surface area contributed by atoms with Crippen molar-refractivity contribution in [2.45, 2.75) is 4.90 Å². The lowest BCUT2D eigenvalue weighted by atomic mass is 10.1. The minimum Gasteiger partial charge on any atom is -0.366 e. The molecule has 1 saturated heterocycles. The molecule has 4 rings (SSSR count). The van der Waals surface area contributed by atoms with E-state index in [1.807, 2.05) is 29.2 Å². The number of likely N-dealkylation sites (N-methyl/N-ethyl adjacent to an activating group) is 1. The number of para-hydroxylation sites is 1. The lowest BCUT2D eigenvalue weighted by Gasteiger charge is -2.36. The van der Waals surface area contributed by atoms with Gasteiger partial charge in [0.2, 0.25) is 15.9 Å². The lowest BCUT2D eigenvalue weighted by molar-refractivity contribution is -0.131. The Labute approximate surface area is 181 Å². The van der Waals surface area contributed by atoms with Crippen LogP contribution in [0.25, 0.3) is 10.8 Å². The van der Waals surface area contributed by atoms with Crippen molar-refractivity contribution in [1.82, 2.24) is 9.21 Å². The van der Waals surface area contributed by atoms with Gasteiger partial charge in [-0.2, -0.15) is 4.31 Å². The molecule has 0 saturated carbocycles. The smallest absolute Gasteiger partial charge is 0.243 e. The van der Waals surface area contributed by atoms with E-state index in [-0.39, 0.29) is 23.2 Å². The number of hydrogen-bond acceptors (Lipinski definition) is 4. The van der Waals surface area contributed by atoms with Gasteiger partial charge in [-0.3, -0.25) is 4.79 Å². The van der Waals surface area contributed by atoms with Crippen molar-refractivity contribution in [3.8, 4) is 0 Å². The van der Waals surface area contributed by atoms with Crippen LogP contribution in [0.5, 0.6) is 0 Å². The largest absolute Gasteiger partial charge is 0.366 e. The van der Waals surface area contributed by atoms with Gasteiger partial charge in [-0.05, 0) is 35.0 Å². The third kappa shape index (κ3) is 4.40. The Morgan fingerprint density at radius 3 is 2.29 bits per heavy atom. The number of carbonyl (C=O) groups excluding carboxylic acids is 1. The van der Waals surface area contributed by atoms with E-state index >= 15 is 0 Å². The van der Waals surface area contributed by atoms with Crippen LogP contribution < -0.4 is 4.90 Å². The normalized spacial score (nSPS) is 14.9. The van der Waals surface area contributed by atoms with Gasteiger partial charge in [-0.1, -0.05) is 42.5 Å². The first-order valence-electron chi connectivity index (χ1n) is 10.1. The van der Waals surface area contributed by atoms with E-state index in [9.17, 15) is 17.6 Å². The monoisotopic (exact) mass is 441 g/mol. The minimum absolute atomic E-state index is 0.158. The van der Waals surface area contributed by atoms with E-state index in [2.05, 4.69) is 0 Å². The maximum atomic E-state index is 14.0. The zero-order valence-corrected chi connectivity index (χ0v) is 18.1. The van der Waals surface area contributed by atoms with Crippen molar-refractivity contribution in [1.29, 1.82) is 0 Å². The van der Waals surface area contributed by atoms with Crippen LogP contribution in [0.15, 0.2) is 71.6 Å². The van der Waals surface area contributed by atoms with Crippen molar-refractivity contribution >= 4 is 32.4 Å². The van der Waals surface area contributed by atoms with Gasteiger partial charge < -0.3 is 9.80 Å². The van der Waals surface area contributed by atoms with Crippen LogP contribution in [-0.2, 0) is 14.8 Å². The summed E-state index contributed by atoms with van der Waals surface area (Å²) in [5, 5.41) is 1.78. The number of hydrogen-bond donors (Lipinski definition) is 0. The van der Waals surface area contributed by atoms with Gasteiger partial charge in [0.1, 0.15) is 5.82 Å². The highest BCUT2D eigenvalue weighted by atomic mass is 32.2. The van der Waals surface area contributed by atoms with E-state index in [0.29, 0.717) is 31.9 Å². The van der Waals surface area contributed by atoms with Crippen molar-refractivity contribution in [2.24, 2.45) is 0 Å². The Bertz CT molecular complexity index is 1210. The fourth-order valence-corrected chi connectivity index (χ4v) is 4.94. The van der Waals surface area contributed by atoms with Crippen molar-refractivity contribution < 1.29 is 17.6 Å². The minimum atomic E-state index is -3.80. The number of halogens is 1. The summed E-state index contributed by atoms with van der Waals surface area (Å²) in [5.74, 6) is -0.552. The van der Waals surface area contributed by atoms with E-state index in [1.54, 1.807) is 41.3 Å². The third-order valence-electron chi connectivity index (χ3n) is 5.61. The summed E-state index contributed by atoms with van der Waals surface area (Å²) in [6.07, 6.45) is 0. The average molecular weight is 442 g/mol. The molecule has 1 fully saturated rings. The van der Waals surface area contributed by atoms with Gasteiger partial charge in [0.05, 0.1) is 17.1 Å². The summed E-state index contributed by atoms with van der Waals surface area (Å²) < 4.78 is 41.0. The molecule has 1 aliphatic rings. The number of piperazine rings is 1. The molecular formula is C23H24FN3O3S. The summed E-state index contributed by atoms with van der Waals surface area (Å²) in [6.45, 7) is 1.57. The molecule has 1 aliphatic heterocycles. The zero-order chi connectivity index (χ0) is 22.0. The van der Waals surface area contributed by atoms with E-state index < -0.39 is 10.0 Å². The Balaban J connectivity index is 1.40. The van der Waals surface area contributed by atoms with Gasteiger partial charge in [0.25, 0.3) is 0 Å². The molecule has 31 heavy (non-hydrogen) atoms. The first kappa shape index (κ1) is 21.3. The molecule has 0 unspecified atom stereocenters. The molecule has 1 amide bonds. The van der Waals surface area contributed by atoms with Crippen LogP contribution in [-0.4, -0.2) is 63.3 Å². The van der Waals surface area contributed by atoms with Gasteiger partial charge in [-0.15, -0.1) is 0 Å². The maximum Gasteiger partial charge on any atom is 0.243 e. The Kier molecular flexibility index (Phi) is 5.93. The SMILES string of the molecule is CN(CC(=O)N1CCN(c2ccccc2F)CC1)S(=O)(=O)c1ccc2ccccc2c1. The standard InChI is InChI=1S/C23H24FN3O3S/c1-25(31(29,30)20-11-10-18-6-2-3-7-19(18)16-20)17-23(28)27-14-12-26(13-15-27)22-9-5-4-8-21(22)24/h2-11,16H,12-15,17H2,1H3. The molecule has 0 radical (unpaired) electrons. The Morgan fingerprint density at radius 2 is 1.58 bits per heavy atom. The quantitative estimate of drug-likeness (QED) is 0.611. The molecule has 1 heterocycles. The van der Waals surface area contributed by atoms with Crippen LogP contribution in [0, 0.1) is 5.82 Å². The van der Waals surface area contributed by atoms with Gasteiger partial charge in [0, 0.05) is 33.2 Å². The van der Waals surface area contributed by atoms with E-state index in [0.717, 1.165) is 15.1 Å². The number of rotatable bonds is 5. The highest BCUT2D eigenvalue weighted by molar-refractivity contribution is 7.89. The molecule has 8 heteroatoms. The molecule has 162 valence electrons. The Morgan fingerprint density at radius 1 is 0.935 bits per heavy atom. The van der Waals surface area contributed by atoms with Crippen LogP contribution in [0.4, 0.5) is 10.1 Å². The number of nitrogens with zero attached hydrogens (tertiary/aromatic N) is 3. The second-order valence-electron chi connectivity index (χ2n) is 7.59. The van der Waals surface area contributed by atoms with Gasteiger partial charge in [-0.25, -0.2) is 12.8 Å². The number of fused-ring (bicyclic) bond motifs is 1. The highest BCUT2D eigenvalue weighted by Crippen LogP contribution is 2.22. The molecule has 0 bridgehead atoms. The third-order valence-corrected chi connectivity index (χ3v) is 7.41. The first-order valence-corrected chi connectivity index (χ1v) is 11.5. The van der Waals surface area contributed by atoms with Crippen LogP contribution >= 0.6 is 0 Å². The summed E-state index contributed by atoms with van der Waals surface area (Å²) in [6, 6.07) is 19.0. The van der Waals surface area contributed by atoms with E-state index in [4.69, 9.17) is 0 Å².